The molecule has 0 saturated carbocycles. The Morgan fingerprint density at radius 1 is 1.48 bits per heavy atom. The Hall–Kier alpha value is -1.86. The van der Waals surface area contributed by atoms with E-state index in [1.54, 1.807) is 16.5 Å². The molecule has 0 saturated heterocycles. The van der Waals surface area contributed by atoms with Crippen molar-refractivity contribution in [2.75, 3.05) is 26.8 Å². The molecule has 0 aromatic carbocycles. The zero-order valence-corrected chi connectivity index (χ0v) is 12.4. The molecular formula is C14H22N2O5. The van der Waals surface area contributed by atoms with Crippen LogP contribution in [0.5, 0.6) is 5.75 Å². The second-order valence-electron chi connectivity index (χ2n) is 4.82. The first kappa shape index (κ1) is 17.2. The van der Waals surface area contributed by atoms with Crippen LogP contribution in [-0.4, -0.2) is 52.5 Å². The third-order valence-corrected chi connectivity index (χ3v) is 2.93. The van der Waals surface area contributed by atoms with Crippen molar-refractivity contribution in [1.29, 1.82) is 0 Å². The highest BCUT2D eigenvalue weighted by Crippen LogP contribution is 2.08. The van der Waals surface area contributed by atoms with Gasteiger partial charge >= 0.3 is 5.97 Å². The van der Waals surface area contributed by atoms with Gasteiger partial charge in [0.15, 0.2) is 5.75 Å². The molecule has 1 rings (SSSR count). The molecule has 7 heteroatoms. The third kappa shape index (κ3) is 5.97. The maximum absolute atomic E-state index is 11.5. The molecule has 21 heavy (non-hydrogen) atoms. The van der Waals surface area contributed by atoms with E-state index in [0.717, 1.165) is 6.42 Å². The summed E-state index contributed by atoms with van der Waals surface area (Å²) in [6, 6.07) is 1.34. The Kier molecular flexibility index (Phi) is 6.90. The van der Waals surface area contributed by atoms with E-state index in [2.05, 4.69) is 0 Å². The van der Waals surface area contributed by atoms with Gasteiger partial charge in [-0.05, 0) is 20.4 Å². The molecule has 0 aliphatic carbocycles. The van der Waals surface area contributed by atoms with Gasteiger partial charge in [0.05, 0.1) is 12.7 Å². The molecule has 7 nitrogen and oxygen atoms in total. The van der Waals surface area contributed by atoms with Crippen molar-refractivity contribution in [1.82, 2.24) is 9.47 Å². The normalized spacial score (nSPS) is 11.0. The van der Waals surface area contributed by atoms with Crippen LogP contribution in [0.3, 0.4) is 0 Å². The molecule has 0 amide bonds. The molecule has 0 aliphatic rings. The summed E-state index contributed by atoms with van der Waals surface area (Å²) in [6.07, 6.45) is 2.13. The van der Waals surface area contributed by atoms with Gasteiger partial charge in [0.1, 0.15) is 0 Å². The Morgan fingerprint density at radius 3 is 2.81 bits per heavy atom. The van der Waals surface area contributed by atoms with Gasteiger partial charge in [0.2, 0.25) is 5.43 Å². The van der Waals surface area contributed by atoms with Crippen molar-refractivity contribution in [2.24, 2.45) is 0 Å². The van der Waals surface area contributed by atoms with Crippen molar-refractivity contribution in [3.05, 3.63) is 28.2 Å². The second kappa shape index (κ2) is 8.43. The van der Waals surface area contributed by atoms with Crippen LogP contribution in [0.1, 0.15) is 19.0 Å². The molecule has 1 aromatic rings. The molecule has 0 radical (unpaired) electrons. The number of aliphatic carboxylic acids is 1. The summed E-state index contributed by atoms with van der Waals surface area (Å²) in [5.41, 5.74) is 0.202. The lowest BCUT2D eigenvalue weighted by molar-refractivity contribution is -0.138. The zero-order chi connectivity index (χ0) is 15.8. The van der Waals surface area contributed by atoms with Crippen molar-refractivity contribution in [3.63, 3.8) is 0 Å². The first-order chi connectivity index (χ1) is 9.93. The number of rotatable bonds is 9. The number of aryl methyl sites for hydroxylation is 1. The first-order valence-corrected chi connectivity index (χ1v) is 6.84. The predicted molar refractivity (Wildman–Crippen MR) is 77.4 cm³/mol. The number of nitrogens with zero attached hydrogens (tertiary/aromatic N) is 2. The van der Waals surface area contributed by atoms with Gasteiger partial charge in [-0.15, -0.1) is 0 Å². The summed E-state index contributed by atoms with van der Waals surface area (Å²) in [5, 5.41) is 18.3. The summed E-state index contributed by atoms with van der Waals surface area (Å²) in [4.78, 5) is 23.8. The maximum Gasteiger partial charge on any atom is 0.317 e. The number of pyridine rings is 1. The van der Waals surface area contributed by atoms with Crippen molar-refractivity contribution >= 4 is 5.97 Å². The van der Waals surface area contributed by atoms with Crippen LogP contribution in [0.2, 0.25) is 0 Å². The highest BCUT2D eigenvalue weighted by atomic mass is 16.5. The molecule has 0 bridgehead atoms. The van der Waals surface area contributed by atoms with Crippen LogP contribution in [0, 0.1) is 0 Å². The van der Waals surface area contributed by atoms with Gasteiger partial charge in [-0.3, -0.25) is 14.5 Å². The standard InChI is InChI=1S/C14H22N2O5/c1-3-21-6-4-5-16-9-13(18)12(17)7-11(16)8-15(2)10-14(19)20/h7,9,18H,3-6,8,10H2,1-2H3,(H,19,20). The minimum absolute atomic E-state index is 0.117. The number of aromatic hydroxyl groups is 1. The van der Waals surface area contributed by atoms with Gasteiger partial charge in [0, 0.05) is 38.1 Å². The number of ether oxygens (including phenoxy) is 1. The van der Waals surface area contributed by atoms with Crippen LogP contribution in [0.25, 0.3) is 0 Å². The van der Waals surface area contributed by atoms with Crippen LogP contribution in [0.15, 0.2) is 17.1 Å². The van der Waals surface area contributed by atoms with Crippen LogP contribution in [0.4, 0.5) is 0 Å². The topological polar surface area (TPSA) is 92.0 Å². The SMILES string of the molecule is CCOCCCn1cc(O)c(=O)cc1CN(C)CC(=O)O. The van der Waals surface area contributed by atoms with Gasteiger partial charge in [-0.2, -0.15) is 0 Å². The molecule has 1 heterocycles. The first-order valence-electron chi connectivity index (χ1n) is 6.84. The van der Waals surface area contributed by atoms with Crippen LogP contribution in [-0.2, 0) is 22.6 Å². The average molecular weight is 298 g/mol. The monoisotopic (exact) mass is 298 g/mol. The number of hydrogen-bond donors (Lipinski definition) is 2. The van der Waals surface area contributed by atoms with Gasteiger partial charge < -0.3 is 19.5 Å². The molecule has 118 valence electrons. The fourth-order valence-corrected chi connectivity index (χ4v) is 1.99. The number of hydrogen-bond acceptors (Lipinski definition) is 5. The van der Waals surface area contributed by atoms with E-state index in [-0.39, 0.29) is 12.3 Å². The Bertz CT molecular complexity index is 527. The summed E-state index contributed by atoms with van der Waals surface area (Å²) >= 11 is 0. The Balaban J connectivity index is 2.81. The number of carboxylic acids is 1. The summed E-state index contributed by atoms with van der Waals surface area (Å²) in [6.45, 7) is 3.93. The molecule has 0 atom stereocenters. The average Bonchev–Trinajstić information content (AvgIpc) is 2.39. The fraction of sp³-hybridized carbons (Fsp3) is 0.571. The molecule has 0 fully saturated rings. The number of carboxylic acid groups (broad SMARTS) is 1. The molecule has 0 unspecified atom stereocenters. The summed E-state index contributed by atoms with van der Waals surface area (Å²) < 4.78 is 7.02. The van der Waals surface area contributed by atoms with E-state index in [0.29, 0.717) is 32.0 Å². The zero-order valence-electron chi connectivity index (χ0n) is 12.4. The van der Waals surface area contributed by atoms with E-state index >= 15 is 0 Å². The lowest BCUT2D eigenvalue weighted by Gasteiger charge is -2.19. The van der Waals surface area contributed by atoms with Crippen LogP contribution < -0.4 is 5.43 Å². The number of carbonyl (C=O) groups is 1. The van der Waals surface area contributed by atoms with Crippen LogP contribution >= 0.6 is 0 Å². The van der Waals surface area contributed by atoms with Gasteiger partial charge in [-0.1, -0.05) is 0 Å². The Labute approximate surface area is 123 Å². The van der Waals surface area contributed by atoms with E-state index in [4.69, 9.17) is 9.84 Å². The summed E-state index contributed by atoms with van der Waals surface area (Å²) in [7, 11) is 1.66. The lowest BCUT2D eigenvalue weighted by atomic mass is 10.2. The van der Waals surface area contributed by atoms with Crippen molar-refractivity contribution in [2.45, 2.75) is 26.4 Å². The Morgan fingerprint density at radius 2 is 2.19 bits per heavy atom. The van der Waals surface area contributed by atoms with E-state index < -0.39 is 11.4 Å². The largest absolute Gasteiger partial charge is 0.503 e. The third-order valence-electron chi connectivity index (χ3n) is 2.93. The van der Waals surface area contributed by atoms with Crippen molar-refractivity contribution in [3.8, 4) is 5.75 Å². The minimum Gasteiger partial charge on any atom is -0.503 e. The molecule has 1 aromatic heterocycles. The number of likely N-dealkylation sites (N-methyl/N-ethyl adjacent to an activating group) is 1. The molecule has 2 N–H and O–H groups in total. The molecular weight excluding hydrogens is 276 g/mol. The van der Waals surface area contributed by atoms with E-state index in [1.165, 1.54) is 12.3 Å². The highest BCUT2D eigenvalue weighted by molar-refractivity contribution is 5.68. The summed E-state index contributed by atoms with van der Waals surface area (Å²) in [5.74, 6) is -1.24. The molecule has 0 spiro atoms. The smallest absolute Gasteiger partial charge is 0.317 e. The minimum atomic E-state index is -0.929. The van der Waals surface area contributed by atoms with Crippen molar-refractivity contribution < 1.29 is 19.7 Å². The second-order valence-corrected chi connectivity index (χ2v) is 4.82. The highest BCUT2D eigenvalue weighted by Gasteiger charge is 2.10. The van der Waals surface area contributed by atoms with Gasteiger partial charge in [-0.25, -0.2) is 0 Å². The predicted octanol–water partition coefficient (Wildman–Crippen LogP) is 0.497. The number of aromatic nitrogens is 1. The fourth-order valence-electron chi connectivity index (χ4n) is 1.99. The quantitative estimate of drug-likeness (QED) is 0.645. The molecule has 0 aliphatic heterocycles. The van der Waals surface area contributed by atoms with E-state index in [9.17, 15) is 14.7 Å². The lowest BCUT2D eigenvalue weighted by Crippen LogP contribution is -2.27. The van der Waals surface area contributed by atoms with E-state index in [1.807, 2.05) is 6.92 Å². The maximum atomic E-state index is 11.5. The van der Waals surface area contributed by atoms with Gasteiger partial charge in [0.25, 0.3) is 0 Å².